The Labute approximate surface area is 164 Å². The van der Waals surface area contributed by atoms with Crippen LogP contribution >= 0.6 is 11.6 Å². The third-order valence-electron chi connectivity index (χ3n) is 6.09. The normalized spacial score (nSPS) is 24.2. The Morgan fingerprint density at radius 1 is 1.15 bits per heavy atom. The van der Waals surface area contributed by atoms with Gasteiger partial charge in [-0.05, 0) is 44.2 Å². The van der Waals surface area contributed by atoms with Gasteiger partial charge in [0.15, 0.2) is 0 Å². The topological polar surface area (TPSA) is 27.3 Å². The lowest BCUT2D eigenvalue weighted by Gasteiger charge is -2.45. The molecule has 0 amide bonds. The SMILES string of the molecule is CCC(C)=C(C(c1ccccc1)C1NCCN1)C(C)(Cl)N1CCCCC1. The summed E-state index contributed by atoms with van der Waals surface area (Å²) in [6, 6.07) is 10.9. The number of nitrogens with one attached hydrogen (secondary N) is 2. The van der Waals surface area contributed by atoms with Gasteiger partial charge in [-0.25, -0.2) is 0 Å². The number of likely N-dealkylation sites (tertiary alicyclic amines) is 1. The van der Waals surface area contributed by atoms with E-state index in [4.69, 9.17) is 11.6 Å². The Morgan fingerprint density at radius 2 is 1.77 bits per heavy atom. The number of hydrogen-bond donors (Lipinski definition) is 2. The van der Waals surface area contributed by atoms with E-state index < -0.39 is 5.00 Å². The smallest absolute Gasteiger partial charge is 0.116 e. The first-order valence-corrected chi connectivity index (χ1v) is 10.6. The minimum absolute atomic E-state index is 0.233. The zero-order chi connectivity index (χ0) is 18.6. The Morgan fingerprint density at radius 3 is 2.35 bits per heavy atom. The molecule has 3 rings (SSSR count). The van der Waals surface area contributed by atoms with Crippen LogP contribution in [0.4, 0.5) is 0 Å². The van der Waals surface area contributed by atoms with Crippen LogP contribution in [0, 0.1) is 0 Å². The predicted molar refractivity (Wildman–Crippen MR) is 112 cm³/mol. The molecule has 2 unspecified atom stereocenters. The van der Waals surface area contributed by atoms with E-state index in [-0.39, 0.29) is 12.1 Å². The summed E-state index contributed by atoms with van der Waals surface area (Å²) in [4.78, 5) is 2.05. The fraction of sp³-hybridized carbons (Fsp3) is 0.636. The zero-order valence-corrected chi connectivity index (χ0v) is 17.3. The highest BCUT2D eigenvalue weighted by atomic mass is 35.5. The van der Waals surface area contributed by atoms with Crippen molar-refractivity contribution in [3.05, 3.63) is 47.0 Å². The van der Waals surface area contributed by atoms with Gasteiger partial charge in [-0.2, -0.15) is 0 Å². The highest BCUT2D eigenvalue weighted by Crippen LogP contribution is 2.43. The van der Waals surface area contributed by atoms with E-state index in [0.717, 1.165) is 32.6 Å². The van der Waals surface area contributed by atoms with Crippen molar-refractivity contribution in [1.29, 1.82) is 0 Å². The molecule has 2 heterocycles. The molecule has 1 aromatic rings. The van der Waals surface area contributed by atoms with Crippen LogP contribution in [0.5, 0.6) is 0 Å². The number of benzene rings is 1. The van der Waals surface area contributed by atoms with Crippen LogP contribution in [0.3, 0.4) is 0 Å². The molecule has 3 nitrogen and oxygen atoms in total. The maximum atomic E-state index is 7.39. The van der Waals surface area contributed by atoms with Crippen LogP contribution in [-0.2, 0) is 0 Å². The minimum atomic E-state index is -0.451. The lowest BCUT2D eigenvalue weighted by Crippen LogP contribution is -2.51. The van der Waals surface area contributed by atoms with Crippen LogP contribution < -0.4 is 10.6 Å². The second-order valence-corrected chi connectivity index (χ2v) is 8.56. The summed E-state index contributed by atoms with van der Waals surface area (Å²) in [6.45, 7) is 10.9. The lowest BCUT2D eigenvalue weighted by atomic mass is 9.80. The first kappa shape index (κ1) is 19.9. The zero-order valence-electron chi connectivity index (χ0n) is 16.5. The molecule has 1 aromatic carbocycles. The molecule has 26 heavy (non-hydrogen) atoms. The molecule has 0 radical (unpaired) electrons. The molecule has 2 saturated heterocycles. The summed E-state index contributed by atoms with van der Waals surface area (Å²) >= 11 is 7.39. The van der Waals surface area contributed by atoms with Gasteiger partial charge < -0.3 is 0 Å². The van der Waals surface area contributed by atoms with Crippen molar-refractivity contribution in [3.8, 4) is 0 Å². The summed E-state index contributed by atoms with van der Waals surface area (Å²) in [7, 11) is 0. The van der Waals surface area contributed by atoms with Crippen LogP contribution in [-0.4, -0.2) is 42.2 Å². The molecular weight excluding hydrogens is 342 g/mol. The predicted octanol–water partition coefficient (Wildman–Crippen LogP) is 4.46. The van der Waals surface area contributed by atoms with Gasteiger partial charge in [-0.3, -0.25) is 15.5 Å². The average molecular weight is 376 g/mol. The average Bonchev–Trinajstić information content (AvgIpc) is 3.21. The first-order valence-electron chi connectivity index (χ1n) is 10.2. The van der Waals surface area contributed by atoms with Crippen molar-refractivity contribution in [2.45, 2.75) is 63.5 Å². The Kier molecular flexibility index (Phi) is 6.79. The number of alkyl halides is 1. The maximum absolute atomic E-state index is 7.39. The molecule has 4 heteroatoms. The molecule has 0 aromatic heterocycles. The van der Waals surface area contributed by atoms with Gasteiger partial charge in [0.2, 0.25) is 0 Å². The van der Waals surface area contributed by atoms with Crippen LogP contribution in [0.2, 0.25) is 0 Å². The second-order valence-electron chi connectivity index (χ2n) is 7.82. The Bertz CT molecular complexity index is 599. The van der Waals surface area contributed by atoms with E-state index in [0.29, 0.717) is 0 Å². The van der Waals surface area contributed by atoms with Crippen molar-refractivity contribution < 1.29 is 0 Å². The molecule has 2 aliphatic rings. The summed E-state index contributed by atoms with van der Waals surface area (Å²) in [5.41, 5.74) is 4.13. The standard InChI is InChI=1S/C22H34ClN3/c1-4-17(2)20(22(3,23)26-15-9-6-10-16-26)19(21-24-13-14-25-21)18-11-7-5-8-12-18/h5,7-8,11-12,19,21,24-25H,4,6,9-10,13-16H2,1-3H3. The summed E-state index contributed by atoms with van der Waals surface area (Å²) in [5, 5.41) is 7.33. The van der Waals surface area contributed by atoms with Gasteiger partial charge >= 0.3 is 0 Å². The maximum Gasteiger partial charge on any atom is 0.116 e. The number of allylic oxidation sites excluding steroid dienone is 1. The van der Waals surface area contributed by atoms with Crippen molar-refractivity contribution in [3.63, 3.8) is 0 Å². The van der Waals surface area contributed by atoms with E-state index in [9.17, 15) is 0 Å². The minimum Gasteiger partial charge on any atom is -0.300 e. The molecule has 2 atom stereocenters. The molecule has 144 valence electrons. The summed E-state index contributed by atoms with van der Waals surface area (Å²) < 4.78 is 0. The van der Waals surface area contributed by atoms with Gasteiger partial charge in [-0.15, -0.1) is 0 Å². The van der Waals surface area contributed by atoms with E-state index in [1.807, 2.05) is 0 Å². The second kappa shape index (κ2) is 8.88. The molecule has 2 fully saturated rings. The third-order valence-corrected chi connectivity index (χ3v) is 6.53. The fourth-order valence-electron chi connectivity index (χ4n) is 4.56. The lowest BCUT2D eigenvalue weighted by molar-refractivity contribution is 0.159. The largest absolute Gasteiger partial charge is 0.300 e. The van der Waals surface area contributed by atoms with Crippen LogP contribution in [0.1, 0.15) is 57.9 Å². The van der Waals surface area contributed by atoms with Gasteiger partial charge in [0, 0.05) is 32.1 Å². The number of piperidine rings is 1. The van der Waals surface area contributed by atoms with Crippen molar-refractivity contribution in [2.75, 3.05) is 26.2 Å². The van der Waals surface area contributed by atoms with Gasteiger partial charge in [-0.1, -0.05) is 60.9 Å². The molecule has 2 aliphatic heterocycles. The van der Waals surface area contributed by atoms with Crippen molar-refractivity contribution in [1.82, 2.24) is 15.5 Å². The Balaban J connectivity index is 2.06. The number of nitrogens with zero attached hydrogens (tertiary/aromatic N) is 1. The molecule has 2 N–H and O–H groups in total. The van der Waals surface area contributed by atoms with Crippen molar-refractivity contribution >= 4 is 11.6 Å². The highest BCUT2D eigenvalue weighted by molar-refractivity contribution is 6.25. The molecule has 0 aliphatic carbocycles. The van der Waals surface area contributed by atoms with Crippen molar-refractivity contribution in [2.24, 2.45) is 0 Å². The van der Waals surface area contributed by atoms with E-state index in [1.54, 1.807) is 0 Å². The Hall–Kier alpha value is -0.870. The fourth-order valence-corrected chi connectivity index (χ4v) is 5.01. The van der Waals surface area contributed by atoms with Gasteiger partial charge in [0.25, 0.3) is 0 Å². The molecule has 0 spiro atoms. The van der Waals surface area contributed by atoms with E-state index in [1.165, 1.54) is 36.0 Å². The summed E-state index contributed by atoms with van der Waals surface area (Å²) in [5.74, 6) is 0.239. The molecule has 0 saturated carbocycles. The number of halogens is 1. The van der Waals surface area contributed by atoms with Crippen LogP contribution in [0.25, 0.3) is 0 Å². The first-order chi connectivity index (χ1) is 12.6. The van der Waals surface area contributed by atoms with Gasteiger partial charge in [0.1, 0.15) is 5.00 Å². The van der Waals surface area contributed by atoms with Gasteiger partial charge in [0.05, 0.1) is 6.17 Å². The molecular formula is C22H34ClN3. The summed E-state index contributed by atoms with van der Waals surface area (Å²) in [6.07, 6.45) is 5.08. The number of rotatable bonds is 6. The number of hydrogen-bond acceptors (Lipinski definition) is 3. The highest BCUT2D eigenvalue weighted by Gasteiger charge is 2.42. The third kappa shape index (κ3) is 4.17. The van der Waals surface area contributed by atoms with E-state index in [2.05, 4.69) is 66.6 Å². The monoisotopic (exact) mass is 375 g/mol. The van der Waals surface area contributed by atoms with E-state index >= 15 is 0 Å². The molecule has 0 bridgehead atoms. The quantitative estimate of drug-likeness (QED) is 0.436. The van der Waals surface area contributed by atoms with Crippen LogP contribution in [0.15, 0.2) is 41.5 Å².